The minimum atomic E-state index is -3.17. The number of rotatable bonds is 4. The molecule has 98 valence electrons. The molecule has 17 heavy (non-hydrogen) atoms. The SMILES string of the molecule is CS(=O)(=O)NC[C@@H]1CCCCN1C(=O)C1CC1. The van der Waals surface area contributed by atoms with Crippen LogP contribution in [0.1, 0.15) is 32.1 Å². The fourth-order valence-corrected chi connectivity index (χ4v) is 2.81. The molecule has 1 atom stereocenters. The van der Waals surface area contributed by atoms with Gasteiger partial charge < -0.3 is 4.90 Å². The molecule has 2 fully saturated rings. The third-order valence-corrected chi connectivity index (χ3v) is 4.11. The van der Waals surface area contributed by atoms with Crippen molar-refractivity contribution in [2.75, 3.05) is 19.3 Å². The van der Waals surface area contributed by atoms with Crippen molar-refractivity contribution in [1.82, 2.24) is 9.62 Å². The predicted molar refractivity (Wildman–Crippen MR) is 64.9 cm³/mol. The van der Waals surface area contributed by atoms with Crippen molar-refractivity contribution in [3.63, 3.8) is 0 Å². The van der Waals surface area contributed by atoms with Gasteiger partial charge >= 0.3 is 0 Å². The van der Waals surface area contributed by atoms with Crippen LogP contribution >= 0.6 is 0 Å². The van der Waals surface area contributed by atoms with E-state index in [2.05, 4.69) is 4.72 Å². The molecule has 0 radical (unpaired) electrons. The third kappa shape index (κ3) is 3.67. The molecule has 0 aromatic heterocycles. The zero-order chi connectivity index (χ0) is 12.5. The van der Waals surface area contributed by atoms with Gasteiger partial charge in [-0.15, -0.1) is 0 Å². The van der Waals surface area contributed by atoms with Gasteiger partial charge in [0, 0.05) is 25.0 Å². The summed E-state index contributed by atoms with van der Waals surface area (Å²) < 4.78 is 24.7. The Hall–Kier alpha value is -0.620. The van der Waals surface area contributed by atoms with Crippen LogP contribution in [0.2, 0.25) is 0 Å². The van der Waals surface area contributed by atoms with Crippen molar-refractivity contribution in [2.24, 2.45) is 5.92 Å². The number of carbonyl (C=O) groups is 1. The molecule has 1 amide bonds. The second kappa shape index (κ2) is 4.94. The molecule has 2 aliphatic rings. The van der Waals surface area contributed by atoms with Gasteiger partial charge in [0.15, 0.2) is 0 Å². The lowest BCUT2D eigenvalue weighted by Crippen LogP contribution is -2.49. The summed E-state index contributed by atoms with van der Waals surface area (Å²) in [6.45, 7) is 1.14. The van der Waals surface area contributed by atoms with E-state index in [1.165, 1.54) is 0 Å². The maximum atomic E-state index is 12.0. The van der Waals surface area contributed by atoms with Gasteiger partial charge in [0.2, 0.25) is 15.9 Å². The Labute approximate surface area is 103 Å². The van der Waals surface area contributed by atoms with Gasteiger partial charge in [-0.1, -0.05) is 0 Å². The maximum Gasteiger partial charge on any atom is 0.225 e. The van der Waals surface area contributed by atoms with Crippen molar-refractivity contribution in [3.8, 4) is 0 Å². The Balaban J connectivity index is 1.94. The van der Waals surface area contributed by atoms with Gasteiger partial charge in [-0.25, -0.2) is 13.1 Å². The largest absolute Gasteiger partial charge is 0.338 e. The van der Waals surface area contributed by atoms with Gasteiger partial charge in [-0.3, -0.25) is 4.79 Å². The van der Waals surface area contributed by atoms with Gasteiger partial charge in [0.1, 0.15) is 0 Å². The van der Waals surface area contributed by atoms with Gasteiger partial charge in [-0.2, -0.15) is 0 Å². The number of nitrogens with zero attached hydrogens (tertiary/aromatic N) is 1. The second-order valence-corrected chi connectivity index (χ2v) is 6.91. The van der Waals surface area contributed by atoms with E-state index in [9.17, 15) is 13.2 Å². The number of carbonyl (C=O) groups excluding carboxylic acids is 1. The van der Waals surface area contributed by atoms with E-state index in [1.807, 2.05) is 4.90 Å². The first-order valence-electron chi connectivity index (χ1n) is 6.22. The van der Waals surface area contributed by atoms with Crippen molar-refractivity contribution in [3.05, 3.63) is 0 Å². The fourth-order valence-electron chi connectivity index (χ4n) is 2.32. The summed E-state index contributed by atoms with van der Waals surface area (Å²) in [5.74, 6) is 0.443. The summed E-state index contributed by atoms with van der Waals surface area (Å²) in [6.07, 6.45) is 6.17. The number of amides is 1. The fraction of sp³-hybridized carbons (Fsp3) is 0.909. The van der Waals surface area contributed by atoms with Crippen molar-refractivity contribution in [1.29, 1.82) is 0 Å². The Morgan fingerprint density at radius 1 is 1.29 bits per heavy atom. The molecule has 2 rings (SSSR count). The van der Waals surface area contributed by atoms with Crippen LogP contribution in [-0.2, 0) is 14.8 Å². The Morgan fingerprint density at radius 2 is 2.00 bits per heavy atom. The molecule has 0 bridgehead atoms. The monoisotopic (exact) mass is 260 g/mol. The highest BCUT2D eigenvalue weighted by Gasteiger charge is 2.37. The average molecular weight is 260 g/mol. The minimum absolute atomic E-state index is 0.0478. The lowest BCUT2D eigenvalue weighted by Gasteiger charge is -2.36. The minimum Gasteiger partial charge on any atom is -0.338 e. The van der Waals surface area contributed by atoms with E-state index >= 15 is 0 Å². The first kappa shape index (κ1) is 12.8. The molecule has 0 aromatic rings. The number of hydrogen-bond donors (Lipinski definition) is 1. The normalized spacial score (nSPS) is 25.9. The van der Waals surface area contributed by atoms with Crippen LogP contribution in [0.5, 0.6) is 0 Å². The topological polar surface area (TPSA) is 66.5 Å². The first-order valence-corrected chi connectivity index (χ1v) is 8.11. The first-order chi connectivity index (χ1) is 7.97. The van der Waals surface area contributed by atoms with E-state index < -0.39 is 10.0 Å². The molecule has 0 unspecified atom stereocenters. The van der Waals surface area contributed by atoms with E-state index in [-0.39, 0.29) is 17.9 Å². The number of nitrogens with one attached hydrogen (secondary N) is 1. The Kier molecular flexibility index (Phi) is 3.73. The molecule has 0 spiro atoms. The number of hydrogen-bond acceptors (Lipinski definition) is 3. The van der Waals surface area contributed by atoms with Gasteiger partial charge in [0.05, 0.1) is 6.26 Å². The average Bonchev–Trinajstić information content (AvgIpc) is 3.08. The number of likely N-dealkylation sites (tertiary alicyclic amines) is 1. The van der Waals surface area contributed by atoms with E-state index in [0.29, 0.717) is 6.54 Å². The predicted octanol–water partition coefficient (Wildman–Crippen LogP) is 0.327. The lowest BCUT2D eigenvalue weighted by molar-refractivity contribution is -0.136. The summed E-state index contributed by atoms with van der Waals surface area (Å²) in [4.78, 5) is 13.9. The summed E-state index contributed by atoms with van der Waals surface area (Å²) in [6, 6.07) is 0.0478. The highest BCUT2D eigenvalue weighted by Crippen LogP contribution is 2.33. The van der Waals surface area contributed by atoms with Crippen LogP contribution in [0.4, 0.5) is 0 Å². The van der Waals surface area contributed by atoms with Crippen LogP contribution in [-0.4, -0.2) is 44.6 Å². The van der Waals surface area contributed by atoms with Crippen LogP contribution in [0.3, 0.4) is 0 Å². The van der Waals surface area contributed by atoms with Crippen molar-refractivity contribution < 1.29 is 13.2 Å². The molecular formula is C11H20N2O3S. The summed E-state index contributed by atoms with van der Waals surface area (Å²) in [7, 11) is -3.17. The van der Waals surface area contributed by atoms with Crippen molar-refractivity contribution in [2.45, 2.75) is 38.1 Å². The van der Waals surface area contributed by atoms with E-state index in [4.69, 9.17) is 0 Å². The molecule has 5 nitrogen and oxygen atoms in total. The van der Waals surface area contributed by atoms with Crippen molar-refractivity contribution >= 4 is 15.9 Å². The Bertz CT molecular complexity index is 390. The molecule has 1 N–H and O–H groups in total. The lowest BCUT2D eigenvalue weighted by atomic mass is 10.0. The molecule has 6 heteroatoms. The summed E-state index contributed by atoms with van der Waals surface area (Å²) >= 11 is 0. The smallest absolute Gasteiger partial charge is 0.225 e. The second-order valence-electron chi connectivity index (χ2n) is 5.08. The molecule has 1 saturated carbocycles. The van der Waals surface area contributed by atoms with E-state index in [0.717, 1.165) is 44.9 Å². The zero-order valence-electron chi connectivity index (χ0n) is 10.2. The highest BCUT2D eigenvalue weighted by atomic mass is 32.2. The quantitative estimate of drug-likeness (QED) is 0.792. The Morgan fingerprint density at radius 3 is 2.59 bits per heavy atom. The summed E-state index contributed by atoms with van der Waals surface area (Å²) in [5, 5.41) is 0. The molecular weight excluding hydrogens is 240 g/mol. The molecule has 1 saturated heterocycles. The number of sulfonamides is 1. The molecule has 1 heterocycles. The van der Waals surface area contributed by atoms with Gasteiger partial charge in [0.25, 0.3) is 0 Å². The van der Waals surface area contributed by atoms with E-state index in [1.54, 1.807) is 0 Å². The molecule has 1 aliphatic carbocycles. The summed E-state index contributed by atoms with van der Waals surface area (Å²) in [5.41, 5.74) is 0. The zero-order valence-corrected chi connectivity index (χ0v) is 11.0. The highest BCUT2D eigenvalue weighted by molar-refractivity contribution is 7.88. The third-order valence-electron chi connectivity index (χ3n) is 3.42. The molecule has 1 aliphatic heterocycles. The van der Waals surface area contributed by atoms with Crippen LogP contribution in [0.15, 0.2) is 0 Å². The maximum absolute atomic E-state index is 12.0. The van der Waals surface area contributed by atoms with Gasteiger partial charge in [-0.05, 0) is 32.1 Å². The standard InChI is InChI=1S/C11H20N2O3S/c1-17(15,16)12-8-10-4-2-3-7-13(10)11(14)9-5-6-9/h9-10,12H,2-8H2,1H3/t10-/m0/s1. The van der Waals surface area contributed by atoms with Crippen LogP contribution < -0.4 is 4.72 Å². The van der Waals surface area contributed by atoms with Crippen LogP contribution in [0, 0.1) is 5.92 Å². The molecule has 0 aromatic carbocycles. The number of piperidine rings is 1. The van der Waals surface area contributed by atoms with Crippen LogP contribution in [0.25, 0.3) is 0 Å².